The summed E-state index contributed by atoms with van der Waals surface area (Å²) in [5.74, 6) is -0.260. The number of halogens is 1. The summed E-state index contributed by atoms with van der Waals surface area (Å²) in [5.41, 5.74) is 1.06. The molecular weight excluding hydrogens is 231 g/mol. The summed E-state index contributed by atoms with van der Waals surface area (Å²) in [4.78, 5) is 2.09. The lowest BCUT2D eigenvalue weighted by Crippen LogP contribution is -2.27. The molecule has 0 aliphatic carbocycles. The summed E-state index contributed by atoms with van der Waals surface area (Å²) in [6.07, 6.45) is 0. The van der Waals surface area contributed by atoms with Gasteiger partial charge in [0.1, 0.15) is 5.82 Å². The summed E-state index contributed by atoms with van der Waals surface area (Å²) in [6.45, 7) is 7.40. The van der Waals surface area contributed by atoms with Gasteiger partial charge in [-0.3, -0.25) is 4.90 Å². The van der Waals surface area contributed by atoms with Crippen LogP contribution in [0.4, 0.5) is 4.39 Å². The molecule has 18 heavy (non-hydrogen) atoms. The molecule has 0 unspecified atom stereocenters. The Kier molecular flexibility index (Phi) is 6.34. The Morgan fingerprint density at radius 3 is 2.78 bits per heavy atom. The number of nitrogens with zero attached hydrogens (tertiary/aromatic N) is 2. The molecular formula is C14H19FN2O. The van der Waals surface area contributed by atoms with Gasteiger partial charge in [0.15, 0.2) is 0 Å². The Morgan fingerprint density at radius 1 is 1.39 bits per heavy atom. The molecule has 98 valence electrons. The van der Waals surface area contributed by atoms with Gasteiger partial charge in [-0.05, 0) is 31.7 Å². The van der Waals surface area contributed by atoms with E-state index < -0.39 is 0 Å². The van der Waals surface area contributed by atoms with E-state index in [0.29, 0.717) is 30.9 Å². The number of likely N-dealkylation sites (N-methyl/N-ethyl adjacent to an activating group) is 1. The van der Waals surface area contributed by atoms with Crippen LogP contribution in [0.15, 0.2) is 18.2 Å². The third-order valence-corrected chi connectivity index (χ3v) is 2.77. The van der Waals surface area contributed by atoms with Crippen LogP contribution in [-0.2, 0) is 11.3 Å². The second kappa shape index (κ2) is 7.80. The smallest absolute Gasteiger partial charge is 0.127 e. The first-order valence-electron chi connectivity index (χ1n) is 6.19. The Morgan fingerprint density at radius 2 is 2.17 bits per heavy atom. The molecule has 0 amide bonds. The van der Waals surface area contributed by atoms with Crippen molar-refractivity contribution in [2.45, 2.75) is 20.4 Å². The van der Waals surface area contributed by atoms with Crippen LogP contribution in [0.3, 0.4) is 0 Å². The standard InChI is InChI=1S/C14H19FN2O/c1-3-17(7-8-18-4-2)11-13-9-12(10-16)5-6-14(13)15/h5-6,9H,3-4,7-8,11H2,1-2H3. The predicted octanol–water partition coefficient (Wildman–Crippen LogP) is 2.56. The molecule has 1 aromatic carbocycles. The van der Waals surface area contributed by atoms with Crippen LogP contribution >= 0.6 is 0 Å². The van der Waals surface area contributed by atoms with Crippen LogP contribution in [0.1, 0.15) is 25.0 Å². The Hall–Kier alpha value is -1.44. The lowest BCUT2D eigenvalue weighted by atomic mass is 10.1. The van der Waals surface area contributed by atoms with Gasteiger partial charge in [0.25, 0.3) is 0 Å². The lowest BCUT2D eigenvalue weighted by molar-refractivity contribution is 0.112. The van der Waals surface area contributed by atoms with Crippen molar-refractivity contribution in [2.24, 2.45) is 0 Å². The highest BCUT2D eigenvalue weighted by molar-refractivity contribution is 5.33. The van der Waals surface area contributed by atoms with E-state index in [0.717, 1.165) is 13.1 Å². The number of ether oxygens (including phenoxy) is 1. The summed E-state index contributed by atoms with van der Waals surface area (Å²) < 4.78 is 18.9. The molecule has 0 aliphatic heterocycles. The van der Waals surface area contributed by atoms with E-state index in [9.17, 15) is 4.39 Å². The molecule has 0 N–H and O–H groups in total. The van der Waals surface area contributed by atoms with Crippen LogP contribution in [0, 0.1) is 17.1 Å². The number of rotatable bonds is 7. The minimum atomic E-state index is -0.260. The van der Waals surface area contributed by atoms with E-state index in [1.807, 2.05) is 19.9 Å². The summed E-state index contributed by atoms with van der Waals surface area (Å²) in [6, 6.07) is 6.48. The molecule has 4 heteroatoms. The van der Waals surface area contributed by atoms with Crippen molar-refractivity contribution >= 4 is 0 Å². The van der Waals surface area contributed by atoms with E-state index in [2.05, 4.69) is 4.90 Å². The van der Waals surface area contributed by atoms with Gasteiger partial charge in [-0.25, -0.2) is 4.39 Å². The molecule has 0 bridgehead atoms. The van der Waals surface area contributed by atoms with E-state index in [1.165, 1.54) is 12.1 Å². The first kappa shape index (κ1) is 14.6. The van der Waals surface area contributed by atoms with Crippen molar-refractivity contribution in [1.29, 1.82) is 5.26 Å². The minimum absolute atomic E-state index is 0.260. The zero-order chi connectivity index (χ0) is 13.4. The molecule has 0 aromatic heterocycles. The Balaban J connectivity index is 2.66. The monoisotopic (exact) mass is 250 g/mol. The molecule has 0 aliphatic rings. The van der Waals surface area contributed by atoms with E-state index in [4.69, 9.17) is 10.00 Å². The lowest BCUT2D eigenvalue weighted by Gasteiger charge is -2.20. The topological polar surface area (TPSA) is 36.3 Å². The molecule has 3 nitrogen and oxygen atoms in total. The summed E-state index contributed by atoms with van der Waals surface area (Å²) >= 11 is 0. The van der Waals surface area contributed by atoms with Crippen molar-refractivity contribution in [3.63, 3.8) is 0 Å². The van der Waals surface area contributed by atoms with Gasteiger partial charge in [0.05, 0.1) is 18.2 Å². The first-order chi connectivity index (χ1) is 8.71. The van der Waals surface area contributed by atoms with Crippen molar-refractivity contribution in [3.05, 3.63) is 35.1 Å². The van der Waals surface area contributed by atoms with Gasteiger partial charge >= 0.3 is 0 Å². The molecule has 0 spiro atoms. The van der Waals surface area contributed by atoms with Crippen molar-refractivity contribution in [3.8, 4) is 6.07 Å². The molecule has 1 aromatic rings. The van der Waals surface area contributed by atoms with Gasteiger partial charge in [-0.1, -0.05) is 6.92 Å². The molecule has 0 atom stereocenters. The fraction of sp³-hybridized carbons (Fsp3) is 0.500. The zero-order valence-corrected chi connectivity index (χ0v) is 10.9. The molecule has 0 radical (unpaired) electrons. The number of hydrogen-bond donors (Lipinski definition) is 0. The highest BCUT2D eigenvalue weighted by Gasteiger charge is 2.08. The van der Waals surface area contributed by atoms with Crippen molar-refractivity contribution in [1.82, 2.24) is 4.90 Å². The molecule has 0 saturated carbocycles. The van der Waals surface area contributed by atoms with Crippen molar-refractivity contribution in [2.75, 3.05) is 26.3 Å². The fourth-order valence-electron chi connectivity index (χ4n) is 1.69. The quantitative estimate of drug-likeness (QED) is 0.698. The maximum Gasteiger partial charge on any atom is 0.127 e. The Labute approximate surface area is 108 Å². The van der Waals surface area contributed by atoms with E-state index in [1.54, 1.807) is 6.07 Å². The average Bonchev–Trinajstić information content (AvgIpc) is 2.40. The largest absolute Gasteiger partial charge is 0.380 e. The normalized spacial score (nSPS) is 10.6. The molecule has 1 rings (SSSR count). The predicted molar refractivity (Wildman–Crippen MR) is 68.6 cm³/mol. The SMILES string of the molecule is CCOCCN(CC)Cc1cc(C#N)ccc1F. The minimum Gasteiger partial charge on any atom is -0.380 e. The number of nitriles is 1. The third kappa shape index (κ3) is 4.44. The third-order valence-electron chi connectivity index (χ3n) is 2.77. The van der Waals surface area contributed by atoms with Crippen LogP contribution < -0.4 is 0 Å². The van der Waals surface area contributed by atoms with Crippen LogP contribution in [-0.4, -0.2) is 31.2 Å². The number of benzene rings is 1. The van der Waals surface area contributed by atoms with E-state index in [-0.39, 0.29) is 5.82 Å². The average molecular weight is 250 g/mol. The van der Waals surface area contributed by atoms with Crippen molar-refractivity contribution < 1.29 is 9.13 Å². The zero-order valence-electron chi connectivity index (χ0n) is 10.9. The van der Waals surface area contributed by atoms with Gasteiger partial charge in [-0.15, -0.1) is 0 Å². The first-order valence-corrected chi connectivity index (χ1v) is 6.19. The van der Waals surface area contributed by atoms with Gasteiger partial charge < -0.3 is 4.74 Å². The number of hydrogen-bond acceptors (Lipinski definition) is 3. The second-order valence-corrected chi connectivity index (χ2v) is 3.98. The Bertz CT molecular complexity index is 415. The summed E-state index contributed by atoms with van der Waals surface area (Å²) in [7, 11) is 0. The highest BCUT2D eigenvalue weighted by atomic mass is 19.1. The van der Waals surface area contributed by atoms with Gasteiger partial charge in [-0.2, -0.15) is 5.26 Å². The van der Waals surface area contributed by atoms with Crippen LogP contribution in [0.5, 0.6) is 0 Å². The maximum absolute atomic E-state index is 13.6. The molecule has 0 fully saturated rings. The van der Waals surface area contributed by atoms with Gasteiger partial charge in [0.2, 0.25) is 0 Å². The van der Waals surface area contributed by atoms with Gasteiger partial charge in [0, 0.05) is 25.3 Å². The van der Waals surface area contributed by atoms with Crippen LogP contribution in [0.25, 0.3) is 0 Å². The molecule has 0 heterocycles. The van der Waals surface area contributed by atoms with E-state index >= 15 is 0 Å². The molecule has 0 saturated heterocycles. The summed E-state index contributed by atoms with van der Waals surface area (Å²) in [5, 5.41) is 8.81. The highest BCUT2D eigenvalue weighted by Crippen LogP contribution is 2.12. The fourth-order valence-corrected chi connectivity index (χ4v) is 1.69. The van der Waals surface area contributed by atoms with Crippen LogP contribution in [0.2, 0.25) is 0 Å². The second-order valence-electron chi connectivity index (χ2n) is 3.98. The maximum atomic E-state index is 13.6.